The molecule has 0 fully saturated rings. The number of hydrogen-bond donors (Lipinski definition) is 1. The van der Waals surface area contributed by atoms with E-state index in [9.17, 15) is 14.0 Å². The Bertz CT molecular complexity index is 713. The third-order valence-corrected chi connectivity index (χ3v) is 3.00. The zero-order chi connectivity index (χ0) is 16.1. The number of hydrogen-bond acceptors (Lipinski definition) is 4. The first-order valence-corrected chi connectivity index (χ1v) is 6.88. The molecule has 0 aliphatic rings. The third kappa shape index (κ3) is 3.69. The van der Waals surface area contributed by atoms with Crippen molar-refractivity contribution in [3.63, 3.8) is 0 Å². The summed E-state index contributed by atoms with van der Waals surface area (Å²) in [6, 6.07) is 10.3. The van der Waals surface area contributed by atoms with Gasteiger partial charge in [0.15, 0.2) is 5.78 Å². The van der Waals surface area contributed by atoms with Crippen LogP contribution in [0, 0.1) is 5.82 Å². The van der Waals surface area contributed by atoms with Crippen molar-refractivity contribution in [3.8, 4) is 5.75 Å². The normalized spacial score (nSPS) is 10.1. The molecule has 0 amide bonds. The Hall–Kier alpha value is -2.69. The molecule has 2 aromatic rings. The molecule has 0 aliphatic heterocycles. The minimum Gasteiger partial charge on any atom is -0.422 e. The monoisotopic (exact) mass is 301 g/mol. The average molecular weight is 301 g/mol. The number of anilines is 1. The van der Waals surface area contributed by atoms with Crippen LogP contribution in [0.1, 0.15) is 34.6 Å². The number of esters is 1. The van der Waals surface area contributed by atoms with E-state index in [1.807, 2.05) is 13.0 Å². The number of ketones is 1. The number of carbonyl (C=O) groups excluding carboxylic acids is 2. The minimum atomic E-state index is -0.646. The molecule has 5 heteroatoms. The Morgan fingerprint density at radius 3 is 2.64 bits per heavy atom. The lowest BCUT2D eigenvalue weighted by molar-refractivity contribution is 0.0732. The lowest BCUT2D eigenvalue weighted by Gasteiger charge is -2.09. The Kier molecular flexibility index (Phi) is 4.88. The summed E-state index contributed by atoms with van der Waals surface area (Å²) in [7, 11) is 0. The molecule has 2 aromatic carbocycles. The highest BCUT2D eigenvalue weighted by atomic mass is 19.1. The van der Waals surface area contributed by atoms with E-state index < -0.39 is 11.8 Å². The van der Waals surface area contributed by atoms with Crippen molar-refractivity contribution in [2.24, 2.45) is 0 Å². The van der Waals surface area contributed by atoms with Crippen LogP contribution in [0.5, 0.6) is 5.75 Å². The largest absolute Gasteiger partial charge is 0.422 e. The van der Waals surface area contributed by atoms with Gasteiger partial charge in [-0.2, -0.15) is 0 Å². The summed E-state index contributed by atoms with van der Waals surface area (Å²) >= 11 is 0. The second-order valence-electron chi connectivity index (χ2n) is 4.70. The van der Waals surface area contributed by atoms with Crippen molar-refractivity contribution >= 4 is 17.4 Å². The highest BCUT2D eigenvalue weighted by Gasteiger charge is 2.15. The number of benzene rings is 2. The standard InChI is InChI=1S/C17H16FNO3/c1-3-19-14-6-4-5-12(9-14)17(21)22-16-10-13(18)7-8-15(16)11(2)20/h4-10,19H,3H2,1-2H3. The molecule has 0 saturated carbocycles. The van der Waals surface area contributed by atoms with Crippen LogP contribution in [0.3, 0.4) is 0 Å². The molecule has 22 heavy (non-hydrogen) atoms. The van der Waals surface area contributed by atoms with Crippen LogP contribution in [0.25, 0.3) is 0 Å². The van der Waals surface area contributed by atoms with Crippen molar-refractivity contribution in [2.75, 3.05) is 11.9 Å². The number of ether oxygens (including phenoxy) is 1. The predicted octanol–water partition coefficient (Wildman–Crippen LogP) is 3.68. The fourth-order valence-electron chi connectivity index (χ4n) is 1.99. The smallest absolute Gasteiger partial charge is 0.343 e. The van der Waals surface area contributed by atoms with Crippen molar-refractivity contribution in [2.45, 2.75) is 13.8 Å². The highest BCUT2D eigenvalue weighted by Crippen LogP contribution is 2.22. The molecule has 114 valence electrons. The molecule has 0 aromatic heterocycles. The van der Waals surface area contributed by atoms with Crippen LogP contribution in [0.4, 0.5) is 10.1 Å². The first-order chi connectivity index (χ1) is 10.5. The molecule has 0 atom stereocenters. The molecule has 0 unspecified atom stereocenters. The second-order valence-corrected chi connectivity index (χ2v) is 4.70. The Labute approximate surface area is 127 Å². The highest BCUT2D eigenvalue weighted by molar-refractivity contribution is 5.99. The molecular formula is C17H16FNO3. The lowest BCUT2D eigenvalue weighted by atomic mass is 10.1. The number of halogens is 1. The van der Waals surface area contributed by atoms with Gasteiger partial charge in [-0.3, -0.25) is 4.79 Å². The van der Waals surface area contributed by atoms with E-state index in [4.69, 9.17) is 4.74 Å². The van der Waals surface area contributed by atoms with Crippen LogP contribution in [-0.4, -0.2) is 18.3 Å². The predicted molar refractivity (Wildman–Crippen MR) is 82.0 cm³/mol. The fraction of sp³-hybridized carbons (Fsp3) is 0.176. The van der Waals surface area contributed by atoms with Crippen molar-refractivity contribution in [1.29, 1.82) is 0 Å². The number of Topliss-reactive ketones (excluding diaryl/α,β-unsaturated/α-hetero) is 1. The molecule has 0 radical (unpaired) electrons. The van der Waals surface area contributed by atoms with Crippen molar-refractivity contribution in [1.82, 2.24) is 0 Å². The molecule has 0 bridgehead atoms. The van der Waals surface area contributed by atoms with Gasteiger partial charge in [0.05, 0.1) is 11.1 Å². The minimum absolute atomic E-state index is 0.0775. The summed E-state index contributed by atoms with van der Waals surface area (Å²) in [5, 5.41) is 3.08. The Balaban J connectivity index is 2.27. The van der Waals surface area contributed by atoms with E-state index in [1.54, 1.807) is 18.2 Å². The maximum Gasteiger partial charge on any atom is 0.343 e. The Morgan fingerprint density at radius 1 is 1.18 bits per heavy atom. The van der Waals surface area contributed by atoms with E-state index in [1.165, 1.54) is 13.0 Å². The molecule has 4 nitrogen and oxygen atoms in total. The molecule has 0 saturated heterocycles. The van der Waals surface area contributed by atoms with Gasteiger partial charge in [-0.1, -0.05) is 6.07 Å². The fourth-order valence-corrected chi connectivity index (χ4v) is 1.99. The Morgan fingerprint density at radius 2 is 1.95 bits per heavy atom. The maximum atomic E-state index is 13.3. The van der Waals surface area contributed by atoms with Crippen molar-refractivity contribution < 1.29 is 18.7 Å². The summed E-state index contributed by atoms with van der Waals surface area (Å²) < 4.78 is 18.5. The van der Waals surface area contributed by atoms with Crippen LogP contribution in [0.15, 0.2) is 42.5 Å². The van der Waals surface area contributed by atoms with Gasteiger partial charge in [-0.15, -0.1) is 0 Å². The van der Waals surface area contributed by atoms with Gasteiger partial charge >= 0.3 is 5.97 Å². The van der Waals surface area contributed by atoms with Gasteiger partial charge in [0.2, 0.25) is 0 Å². The van der Waals surface area contributed by atoms with E-state index in [-0.39, 0.29) is 17.1 Å². The molecule has 0 heterocycles. The molecule has 0 spiro atoms. The summed E-state index contributed by atoms with van der Waals surface area (Å²) in [6.07, 6.45) is 0. The number of nitrogens with one attached hydrogen (secondary N) is 1. The van der Waals surface area contributed by atoms with Gasteiger partial charge in [0, 0.05) is 18.3 Å². The lowest BCUT2D eigenvalue weighted by Crippen LogP contribution is -2.11. The summed E-state index contributed by atoms with van der Waals surface area (Å²) in [6.45, 7) is 3.99. The first-order valence-electron chi connectivity index (χ1n) is 6.88. The number of rotatable bonds is 5. The third-order valence-electron chi connectivity index (χ3n) is 3.00. The van der Waals surface area contributed by atoms with Crippen LogP contribution in [0.2, 0.25) is 0 Å². The van der Waals surface area contributed by atoms with E-state index in [2.05, 4.69) is 5.32 Å². The zero-order valence-electron chi connectivity index (χ0n) is 12.4. The van der Waals surface area contributed by atoms with Crippen LogP contribution < -0.4 is 10.1 Å². The van der Waals surface area contributed by atoms with Gasteiger partial charge in [0.1, 0.15) is 11.6 Å². The van der Waals surface area contributed by atoms with Gasteiger partial charge < -0.3 is 10.1 Å². The van der Waals surface area contributed by atoms with E-state index in [0.717, 1.165) is 24.4 Å². The van der Waals surface area contributed by atoms with Crippen molar-refractivity contribution in [3.05, 3.63) is 59.4 Å². The molecule has 0 aliphatic carbocycles. The first kappa shape index (κ1) is 15.7. The van der Waals surface area contributed by atoms with Crippen LogP contribution >= 0.6 is 0 Å². The quantitative estimate of drug-likeness (QED) is 0.520. The molecular weight excluding hydrogens is 285 g/mol. The molecule has 2 rings (SSSR count). The summed E-state index contributed by atoms with van der Waals surface area (Å²) in [5.74, 6) is -1.60. The summed E-state index contributed by atoms with van der Waals surface area (Å²) in [4.78, 5) is 23.7. The topological polar surface area (TPSA) is 55.4 Å². The second kappa shape index (κ2) is 6.85. The SMILES string of the molecule is CCNc1cccc(C(=O)Oc2cc(F)ccc2C(C)=O)c1. The van der Waals surface area contributed by atoms with Gasteiger partial charge in [-0.25, -0.2) is 9.18 Å². The summed E-state index contributed by atoms with van der Waals surface area (Å²) in [5.41, 5.74) is 1.26. The van der Waals surface area contributed by atoms with Gasteiger partial charge in [0.25, 0.3) is 0 Å². The number of carbonyl (C=O) groups is 2. The van der Waals surface area contributed by atoms with E-state index in [0.29, 0.717) is 5.56 Å². The molecule has 1 N–H and O–H groups in total. The van der Waals surface area contributed by atoms with Crippen LogP contribution in [-0.2, 0) is 0 Å². The van der Waals surface area contributed by atoms with E-state index >= 15 is 0 Å². The average Bonchev–Trinajstić information content (AvgIpc) is 2.47. The maximum absolute atomic E-state index is 13.3. The zero-order valence-corrected chi connectivity index (χ0v) is 12.4. The van der Waals surface area contributed by atoms with Gasteiger partial charge in [-0.05, 0) is 44.2 Å².